The van der Waals surface area contributed by atoms with Gasteiger partial charge in [0.1, 0.15) is 12.4 Å². The van der Waals surface area contributed by atoms with E-state index in [2.05, 4.69) is 11.0 Å². The predicted octanol–water partition coefficient (Wildman–Crippen LogP) is 3.32. The minimum absolute atomic E-state index is 0.610. The van der Waals surface area contributed by atoms with Crippen molar-refractivity contribution >= 4 is 23.0 Å². The van der Waals surface area contributed by atoms with Crippen LogP contribution in [-0.4, -0.2) is 13.2 Å². The first-order valence-corrected chi connectivity index (χ1v) is 6.62. The molecule has 3 rings (SSSR count). The number of halogens is 1. The molecular formula is C15H15ClN2O. The maximum atomic E-state index is 6.06. The fourth-order valence-corrected chi connectivity index (χ4v) is 2.48. The molecule has 1 aliphatic heterocycles. The van der Waals surface area contributed by atoms with Crippen molar-refractivity contribution in [3.63, 3.8) is 0 Å². The Labute approximate surface area is 117 Å². The molecule has 0 fully saturated rings. The maximum absolute atomic E-state index is 6.06. The number of hydrogen-bond acceptors (Lipinski definition) is 3. The minimum atomic E-state index is 0.610. The zero-order valence-electron chi connectivity index (χ0n) is 10.5. The quantitative estimate of drug-likeness (QED) is 0.854. The molecule has 1 heterocycles. The molecule has 2 aromatic carbocycles. The lowest BCUT2D eigenvalue weighted by atomic mass is 10.1. The van der Waals surface area contributed by atoms with Gasteiger partial charge in [-0.2, -0.15) is 0 Å². The fourth-order valence-electron chi connectivity index (χ4n) is 2.28. The molecule has 0 radical (unpaired) electrons. The minimum Gasteiger partial charge on any atom is -0.490 e. The molecule has 19 heavy (non-hydrogen) atoms. The van der Waals surface area contributed by atoms with Gasteiger partial charge in [-0.15, -0.1) is 0 Å². The number of nitrogens with zero attached hydrogens (tertiary/aromatic N) is 1. The highest BCUT2D eigenvalue weighted by molar-refractivity contribution is 6.33. The number of nitrogens with two attached hydrogens (primary N) is 1. The van der Waals surface area contributed by atoms with Gasteiger partial charge in [0, 0.05) is 6.54 Å². The summed E-state index contributed by atoms with van der Waals surface area (Å²) in [5, 5.41) is 0.610. The molecule has 0 unspecified atom stereocenters. The van der Waals surface area contributed by atoms with Gasteiger partial charge in [0.05, 0.1) is 22.9 Å². The lowest BCUT2D eigenvalue weighted by Crippen LogP contribution is -2.32. The highest BCUT2D eigenvalue weighted by Crippen LogP contribution is 2.32. The number of benzene rings is 2. The van der Waals surface area contributed by atoms with Gasteiger partial charge in [0.2, 0.25) is 0 Å². The van der Waals surface area contributed by atoms with Crippen LogP contribution in [0, 0.1) is 0 Å². The van der Waals surface area contributed by atoms with Crippen LogP contribution >= 0.6 is 11.6 Å². The van der Waals surface area contributed by atoms with Gasteiger partial charge in [0.15, 0.2) is 0 Å². The lowest BCUT2D eigenvalue weighted by molar-refractivity contribution is 0.307. The highest BCUT2D eigenvalue weighted by Gasteiger charge is 2.17. The summed E-state index contributed by atoms with van der Waals surface area (Å²) in [5.41, 5.74) is 8.63. The van der Waals surface area contributed by atoms with Crippen molar-refractivity contribution < 1.29 is 4.74 Å². The molecule has 1 aliphatic rings. The van der Waals surface area contributed by atoms with Crippen molar-refractivity contribution in [1.29, 1.82) is 0 Å². The lowest BCUT2D eigenvalue weighted by Gasteiger charge is -2.31. The first-order chi connectivity index (χ1) is 9.24. The maximum Gasteiger partial charge on any atom is 0.142 e. The number of anilines is 2. The van der Waals surface area contributed by atoms with Crippen LogP contribution in [0.2, 0.25) is 5.02 Å². The Kier molecular flexibility index (Phi) is 3.22. The molecule has 0 atom stereocenters. The number of para-hydroxylation sites is 2. The van der Waals surface area contributed by atoms with Crippen molar-refractivity contribution in [3.8, 4) is 5.75 Å². The topological polar surface area (TPSA) is 38.5 Å². The summed E-state index contributed by atoms with van der Waals surface area (Å²) in [6.07, 6.45) is 0. The van der Waals surface area contributed by atoms with Gasteiger partial charge < -0.3 is 15.4 Å². The third-order valence-corrected chi connectivity index (χ3v) is 3.59. The van der Waals surface area contributed by atoms with Gasteiger partial charge in [-0.25, -0.2) is 0 Å². The summed E-state index contributed by atoms with van der Waals surface area (Å²) in [5.74, 6) is 0.940. The standard InChI is InChI=1S/C15H15ClN2O/c16-12-9-11(5-6-13(12)17)10-18-7-8-19-15-4-2-1-3-14(15)18/h1-6,9H,7-8,10,17H2. The molecule has 0 bridgehead atoms. The Hall–Kier alpha value is -1.87. The number of fused-ring (bicyclic) bond motifs is 1. The van der Waals surface area contributed by atoms with Crippen LogP contribution in [0.5, 0.6) is 5.75 Å². The summed E-state index contributed by atoms with van der Waals surface area (Å²) in [4.78, 5) is 2.29. The smallest absolute Gasteiger partial charge is 0.142 e. The Balaban J connectivity index is 1.86. The Bertz CT molecular complexity index is 600. The van der Waals surface area contributed by atoms with Crippen LogP contribution in [0.1, 0.15) is 5.56 Å². The largest absolute Gasteiger partial charge is 0.490 e. The van der Waals surface area contributed by atoms with Crippen molar-refractivity contribution in [2.24, 2.45) is 0 Å². The summed E-state index contributed by atoms with van der Waals surface area (Å²) < 4.78 is 5.65. The fraction of sp³-hybridized carbons (Fsp3) is 0.200. The number of rotatable bonds is 2. The molecule has 0 amide bonds. The van der Waals surface area contributed by atoms with E-state index in [1.165, 1.54) is 0 Å². The molecule has 3 nitrogen and oxygen atoms in total. The van der Waals surface area contributed by atoms with Gasteiger partial charge >= 0.3 is 0 Å². The van der Waals surface area contributed by atoms with Crippen LogP contribution in [0.15, 0.2) is 42.5 Å². The number of nitrogen functional groups attached to an aromatic ring is 1. The van der Waals surface area contributed by atoms with Crippen molar-refractivity contribution in [1.82, 2.24) is 0 Å². The molecule has 4 heteroatoms. The van der Waals surface area contributed by atoms with Crippen molar-refractivity contribution in [2.45, 2.75) is 6.54 Å². The Morgan fingerprint density at radius 1 is 1.21 bits per heavy atom. The molecule has 98 valence electrons. The van der Waals surface area contributed by atoms with Gasteiger partial charge in [-0.3, -0.25) is 0 Å². The second kappa shape index (κ2) is 5.02. The zero-order valence-corrected chi connectivity index (χ0v) is 11.2. The van der Waals surface area contributed by atoms with E-state index in [1.807, 2.05) is 36.4 Å². The molecule has 2 aromatic rings. The zero-order chi connectivity index (χ0) is 13.2. The van der Waals surface area contributed by atoms with E-state index in [1.54, 1.807) is 0 Å². The van der Waals surface area contributed by atoms with Crippen LogP contribution in [0.25, 0.3) is 0 Å². The van der Waals surface area contributed by atoms with Crippen LogP contribution in [0.3, 0.4) is 0 Å². The number of hydrogen-bond donors (Lipinski definition) is 1. The van der Waals surface area contributed by atoms with Crippen LogP contribution in [-0.2, 0) is 6.54 Å². The van der Waals surface area contributed by atoms with E-state index in [0.29, 0.717) is 17.3 Å². The third kappa shape index (κ3) is 2.47. The highest BCUT2D eigenvalue weighted by atomic mass is 35.5. The predicted molar refractivity (Wildman–Crippen MR) is 78.9 cm³/mol. The van der Waals surface area contributed by atoms with E-state index in [-0.39, 0.29) is 0 Å². The summed E-state index contributed by atoms with van der Waals surface area (Å²) in [6, 6.07) is 13.9. The summed E-state index contributed by atoms with van der Waals surface area (Å²) in [7, 11) is 0. The van der Waals surface area contributed by atoms with Crippen molar-refractivity contribution in [2.75, 3.05) is 23.8 Å². The second-order valence-corrected chi connectivity index (χ2v) is 5.00. The Morgan fingerprint density at radius 3 is 2.89 bits per heavy atom. The first-order valence-electron chi connectivity index (χ1n) is 6.25. The van der Waals surface area contributed by atoms with Crippen molar-refractivity contribution in [3.05, 3.63) is 53.1 Å². The second-order valence-electron chi connectivity index (χ2n) is 4.59. The van der Waals surface area contributed by atoms with E-state index in [0.717, 1.165) is 30.1 Å². The number of ether oxygens (including phenoxy) is 1. The van der Waals surface area contributed by atoms with Crippen LogP contribution in [0.4, 0.5) is 11.4 Å². The normalized spacial score (nSPS) is 13.8. The molecule has 0 aliphatic carbocycles. The molecule has 0 saturated carbocycles. The van der Waals surface area contributed by atoms with Gasteiger partial charge in [-0.05, 0) is 29.8 Å². The SMILES string of the molecule is Nc1ccc(CN2CCOc3ccccc32)cc1Cl. The monoisotopic (exact) mass is 274 g/mol. The third-order valence-electron chi connectivity index (χ3n) is 3.26. The van der Waals surface area contributed by atoms with E-state index < -0.39 is 0 Å². The first kappa shape index (κ1) is 12.2. The van der Waals surface area contributed by atoms with Gasteiger partial charge in [0.25, 0.3) is 0 Å². The summed E-state index contributed by atoms with van der Waals surface area (Å²) >= 11 is 6.06. The summed E-state index contributed by atoms with van der Waals surface area (Å²) in [6.45, 7) is 2.39. The average molecular weight is 275 g/mol. The van der Waals surface area contributed by atoms with Crippen LogP contribution < -0.4 is 15.4 Å². The van der Waals surface area contributed by atoms with E-state index in [4.69, 9.17) is 22.1 Å². The molecule has 0 saturated heterocycles. The molecule has 0 spiro atoms. The van der Waals surface area contributed by atoms with Gasteiger partial charge in [-0.1, -0.05) is 29.8 Å². The Morgan fingerprint density at radius 2 is 2.05 bits per heavy atom. The molecule has 2 N–H and O–H groups in total. The van der Waals surface area contributed by atoms with E-state index >= 15 is 0 Å². The molecule has 0 aromatic heterocycles. The van der Waals surface area contributed by atoms with E-state index in [9.17, 15) is 0 Å². The molecular weight excluding hydrogens is 260 g/mol. The average Bonchev–Trinajstić information content (AvgIpc) is 2.43.